The van der Waals surface area contributed by atoms with E-state index in [0.29, 0.717) is 47.7 Å². The minimum Gasteiger partial charge on any atom is -0.472 e. The van der Waals surface area contributed by atoms with Gasteiger partial charge in [0.15, 0.2) is 5.78 Å². The number of pyridine rings is 1. The number of nitrogens with zero attached hydrogens (tertiary/aromatic N) is 1. The van der Waals surface area contributed by atoms with Crippen molar-refractivity contribution >= 4 is 23.3 Å². The molecular weight excluding hydrogens is 446 g/mol. The second-order valence-electron chi connectivity index (χ2n) is 10.4. The Labute approximate surface area is 205 Å². The Morgan fingerprint density at radius 3 is 2.66 bits per heavy atom. The number of nitrogens with one attached hydrogen (secondary N) is 4. The molecule has 1 fully saturated rings. The average molecular weight is 482 g/mol. The first-order chi connectivity index (χ1) is 16.7. The topological polar surface area (TPSA) is 125 Å². The van der Waals surface area contributed by atoms with Gasteiger partial charge in [-0.1, -0.05) is 33.6 Å². The van der Waals surface area contributed by atoms with E-state index < -0.39 is 6.04 Å². The summed E-state index contributed by atoms with van der Waals surface area (Å²) in [5.41, 5.74) is 2.80. The van der Waals surface area contributed by atoms with Crippen molar-refractivity contribution in [2.75, 3.05) is 18.4 Å². The molecule has 2 amide bonds. The molecule has 4 rings (SSSR count). The first-order valence-corrected chi connectivity index (χ1v) is 12.4. The Balaban J connectivity index is 1.44. The molecule has 1 atom stereocenters. The van der Waals surface area contributed by atoms with Gasteiger partial charge >= 0.3 is 0 Å². The maximum atomic E-state index is 13.2. The van der Waals surface area contributed by atoms with Crippen LogP contribution < -0.4 is 20.7 Å². The molecule has 0 saturated carbocycles. The molecule has 9 nitrogen and oxygen atoms in total. The van der Waals surface area contributed by atoms with Gasteiger partial charge in [-0.05, 0) is 36.8 Å². The second kappa shape index (κ2) is 10.2. The van der Waals surface area contributed by atoms with Crippen LogP contribution in [0.2, 0.25) is 0 Å². The summed E-state index contributed by atoms with van der Waals surface area (Å²) < 4.78 is 5.71. The number of hydrogen-bond donors (Lipinski definition) is 4. The molecule has 2 aromatic heterocycles. The summed E-state index contributed by atoms with van der Waals surface area (Å²) in [7, 11) is 0. The molecule has 188 valence electrons. The van der Waals surface area contributed by atoms with Crippen LogP contribution in [0.15, 0.2) is 18.3 Å². The Morgan fingerprint density at radius 1 is 1.26 bits per heavy atom. The van der Waals surface area contributed by atoms with Crippen molar-refractivity contribution in [2.45, 2.75) is 71.9 Å². The van der Waals surface area contributed by atoms with E-state index in [1.807, 2.05) is 20.8 Å². The lowest BCUT2D eigenvalue weighted by Gasteiger charge is -2.28. The fourth-order valence-electron chi connectivity index (χ4n) is 4.64. The van der Waals surface area contributed by atoms with Crippen LogP contribution >= 0.6 is 0 Å². The third-order valence-electron chi connectivity index (χ3n) is 6.63. The molecular formula is C26H35N5O4. The molecule has 9 heteroatoms. The lowest BCUT2D eigenvalue weighted by molar-refractivity contribution is -0.118. The summed E-state index contributed by atoms with van der Waals surface area (Å²) in [6.07, 6.45) is 5.01. The van der Waals surface area contributed by atoms with Crippen LogP contribution in [0.1, 0.15) is 78.6 Å². The van der Waals surface area contributed by atoms with Gasteiger partial charge in [-0.25, -0.2) is 4.98 Å². The summed E-state index contributed by atoms with van der Waals surface area (Å²) in [5.74, 6) is -0.126. The quantitative estimate of drug-likeness (QED) is 0.436. The maximum Gasteiger partial charge on any atom is 0.268 e. The van der Waals surface area contributed by atoms with E-state index in [1.165, 1.54) is 0 Å². The first-order valence-electron chi connectivity index (χ1n) is 12.4. The third kappa shape index (κ3) is 5.73. The zero-order valence-corrected chi connectivity index (χ0v) is 20.9. The highest BCUT2D eigenvalue weighted by Gasteiger charge is 2.35. The Morgan fingerprint density at radius 2 is 2.03 bits per heavy atom. The molecule has 0 radical (unpaired) electrons. The van der Waals surface area contributed by atoms with E-state index in [0.717, 1.165) is 31.6 Å². The fourth-order valence-corrected chi connectivity index (χ4v) is 4.64. The molecule has 0 bridgehead atoms. The van der Waals surface area contributed by atoms with Gasteiger partial charge in [0.2, 0.25) is 11.8 Å². The van der Waals surface area contributed by atoms with Gasteiger partial charge in [0.05, 0.1) is 11.9 Å². The second-order valence-corrected chi connectivity index (χ2v) is 10.4. The highest BCUT2D eigenvalue weighted by molar-refractivity contribution is 6.06. The lowest BCUT2D eigenvalue weighted by atomic mass is 9.75. The molecule has 1 unspecified atom stereocenters. The van der Waals surface area contributed by atoms with Crippen molar-refractivity contribution in [2.24, 2.45) is 5.41 Å². The van der Waals surface area contributed by atoms with Gasteiger partial charge in [0.1, 0.15) is 17.8 Å². The zero-order chi connectivity index (χ0) is 25.2. The minimum atomic E-state index is -0.716. The number of ketones is 1. The van der Waals surface area contributed by atoms with Crippen LogP contribution in [0, 0.1) is 12.3 Å². The number of hydrogen-bond acceptors (Lipinski definition) is 6. The Kier molecular flexibility index (Phi) is 7.25. The number of Topliss-reactive ketones (excluding diaryl/α,β-unsaturated/α-hetero) is 1. The molecule has 2 aliphatic rings. The number of unbranched alkanes of at least 4 members (excludes halogenated alkanes) is 1. The summed E-state index contributed by atoms with van der Waals surface area (Å²) >= 11 is 0. The van der Waals surface area contributed by atoms with E-state index in [2.05, 4.69) is 25.9 Å². The summed E-state index contributed by atoms with van der Waals surface area (Å²) in [6.45, 7) is 9.52. The predicted molar refractivity (Wildman–Crippen MR) is 133 cm³/mol. The number of H-pyrrole nitrogens is 1. The van der Waals surface area contributed by atoms with Gasteiger partial charge in [-0.3, -0.25) is 14.4 Å². The number of anilines is 1. The number of ether oxygens (including phenoxy) is 1. The Bertz CT molecular complexity index is 1100. The largest absolute Gasteiger partial charge is 0.472 e. The molecule has 2 aromatic rings. The van der Waals surface area contributed by atoms with E-state index in [-0.39, 0.29) is 29.1 Å². The number of carbonyl (C=O) groups excluding carboxylic acids is 3. The standard InChI is InChI=1S/C26H35N5O4/c1-5-6-7-18(24(33)29-16-8-9-21(28-12-16)35-17-13-27-14-17)31-25(34)23-15(2)22-19(30-23)10-26(3,4)11-20(22)32/h8-9,12,17-18,27,30H,5-7,10-11,13-14H2,1-4H3,(H,29,33)(H,31,34). The smallest absolute Gasteiger partial charge is 0.268 e. The molecule has 1 aliphatic heterocycles. The van der Waals surface area contributed by atoms with E-state index in [9.17, 15) is 14.4 Å². The van der Waals surface area contributed by atoms with E-state index in [1.54, 1.807) is 25.3 Å². The number of aromatic amines is 1. The number of fused-ring (bicyclic) bond motifs is 1. The van der Waals surface area contributed by atoms with Crippen LogP contribution in [0.3, 0.4) is 0 Å². The first kappa shape index (κ1) is 24.9. The van der Waals surface area contributed by atoms with Gasteiger partial charge < -0.3 is 25.7 Å². The maximum absolute atomic E-state index is 13.2. The zero-order valence-electron chi connectivity index (χ0n) is 20.9. The highest BCUT2D eigenvalue weighted by atomic mass is 16.5. The third-order valence-corrected chi connectivity index (χ3v) is 6.63. The average Bonchev–Trinajstić information content (AvgIpc) is 3.09. The van der Waals surface area contributed by atoms with Crippen molar-refractivity contribution in [3.05, 3.63) is 40.8 Å². The van der Waals surface area contributed by atoms with Crippen molar-refractivity contribution in [1.82, 2.24) is 20.6 Å². The van der Waals surface area contributed by atoms with Gasteiger partial charge in [-0.2, -0.15) is 0 Å². The van der Waals surface area contributed by atoms with Crippen molar-refractivity contribution < 1.29 is 19.1 Å². The van der Waals surface area contributed by atoms with Crippen LogP contribution in [0.5, 0.6) is 5.88 Å². The fraction of sp³-hybridized carbons (Fsp3) is 0.538. The van der Waals surface area contributed by atoms with E-state index >= 15 is 0 Å². The molecule has 1 aliphatic carbocycles. The Hall–Kier alpha value is -3.20. The number of aromatic nitrogens is 2. The van der Waals surface area contributed by atoms with Gasteiger partial charge in [0.25, 0.3) is 5.91 Å². The van der Waals surface area contributed by atoms with Crippen molar-refractivity contribution in [1.29, 1.82) is 0 Å². The van der Waals surface area contributed by atoms with Crippen LogP contribution in [-0.2, 0) is 11.2 Å². The van der Waals surface area contributed by atoms with Gasteiger partial charge in [-0.15, -0.1) is 0 Å². The molecule has 3 heterocycles. The number of carbonyl (C=O) groups is 3. The number of rotatable bonds is 9. The predicted octanol–water partition coefficient (Wildman–Crippen LogP) is 3.15. The molecule has 0 spiro atoms. The SMILES string of the molecule is CCCCC(NC(=O)c1[nH]c2c(c1C)C(=O)CC(C)(C)C2)C(=O)Nc1ccc(OC2CNC2)nc1. The molecule has 4 N–H and O–H groups in total. The summed E-state index contributed by atoms with van der Waals surface area (Å²) in [6, 6.07) is 2.74. The minimum absolute atomic E-state index is 0.0535. The molecule has 1 saturated heterocycles. The normalized spacial score (nSPS) is 17.8. The highest BCUT2D eigenvalue weighted by Crippen LogP contribution is 2.36. The van der Waals surface area contributed by atoms with Crippen molar-refractivity contribution in [3.63, 3.8) is 0 Å². The van der Waals surface area contributed by atoms with E-state index in [4.69, 9.17) is 4.74 Å². The van der Waals surface area contributed by atoms with Crippen molar-refractivity contribution in [3.8, 4) is 5.88 Å². The summed E-state index contributed by atoms with van der Waals surface area (Å²) in [5, 5.41) is 8.87. The monoisotopic (exact) mass is 481 g/mol. The van der Waals surface area contributed by atoms with Gasteiger partial charge in [0, 0.05) is 36.8 Å². The molecule has 35 heavy (non-hydrogen) atoms. The van der Waals surface area contributed by atoms with Crippen LogP contribution in [0.25, 0.3) is 0 Å². The summed E-state index contributed by atoms with van der Waals surface area (Å²) in [4.78, 5) is 46.4. The lowest BCUT2D eigenvalue weighted by Crippen LogP contribution is -2.50. The number of amides is 2. The van der Waals surface area contributed by atoms with Crippen LogP contribution in [-0.4, -0.2) is 52.8 Å². The molecule has 0 aromatic carbocycles. The van der Waals surface area contributed by atoms with Crippen LogP contribution in [0.4, 0.5) is 5.69 Å².